The fourth-order valence-electron chi connectivity index (χ4n) is 6.67. The molecule has 26 heavy (non-hydrogen) atoms. The predicted octanol–water partition coefficient (Wildman–Crippen LogP) is 7.51. The zero-order chi connectivity index (χ0) is 18.2. The van der Waals surface area contributed by atoms with Crippen molar-refractivity contribution in [2.45, 2.75) is 129 Å². The second kappa shape index (κ2) is 11.1. The fourth-order valence-corrected chi connectivity index (χ4v) is 6.67. The van der Waals surface area contributed by atoms with E-state index in [0.29, 0.717) is 0 Å². The van der Waals surface area contributed by atoms with Gasteiger partial charge < -0.3 is 5.11 Å². The Kier molecular flexibility index (Phi) is 8.82. The molecule has 0 heterocycles. The molecule has 0 bridgehead atoms. The third-order valence-corrected chi connectivity index (χ3v) is 8.40. The largest absolute Gasteiger partial charge is 0.393 e. The van der Waals surface area contributed by atoms with E-state index in [1.54, 1.807) is 0 Å². The maximum Gasteiger partial charge on any atom is 0.0543 e. The van der Waals surface area contributed by atoms with E-state index in [0.717, 1.165) is 42.4 Å². The lowest BCUT2D eigenvalue weighted by Crippen LogP contribution is -2.36. The van der Waals surface area contributed by atoms with Gasteiger partial charge in [0.15, 0.2) is 0 Å². The Hall–Kier alpha value is -0.0400. The minimum atomic E-state index is 0.0210. The molecule has 1 heteroatoms. The van der Waals surface area contributed by atoms with Crippen LogP contribution in [0.4, 0.5) is 0 Å². The molecule has 3 aliphatic carbocycles. The SMILES string of the molecule is CCCCCCCCCC1CCC(C2CCC3CCC(O)CC3C2)CC1. The summed E-state index contributed by atoms with van der Waals surface area (Å²) in [6.45, 7) is 2.31. The number of aliphatic hydroxyl groups excluding tert-OH is 1. The zero-order valence-corrected chi connectivity index (χ0v) is 17.6. The number of hydrogen-bond donors (Lipinski definition) is 1. The Morgan fingerprint density at radius 2 is 1.15 bits per heavy atom. The van der Waals surface area contributed by atoms with Crippen molar-refractivity contribution in [3.05, 3.63) is 0 Å². The first-order chi connectivity index (χ1) is 12.8. The summed E-state index contributed by atoms with van der Waals surface area (Å²) in [6.07, 6.45) is 25.7. The molecule has 0 amide bonds. The molecule has 0 aromatic heterocycles. The second-order valence-corrected chi connectivity index (χ2v) is 10.3. The number of fused-ring (bicyclic) bond motifs is 1. The third kappa shape index (κ3) is 6.25. The molecule has 3 rings (SSSR count). The summed E-state index contributed by atoms with van der Waals surface area (Å²) in [4.78, 5) is 0. The minimum absolute atomic E-state index is 0.0210. The Morgan fingerprint density at radius 1 is 0.577 bits per heavy atom. The predicted molar refractivity (Wildman–Crippen MR) is 112 cm³/mol. The first-order valence-corrected chi connectivity index (χ1v) is 12.4. The van der Waals surface area contributed by atoms with Crippen molar-refractivity contribution in [2.75, 3.05) is 0 Å². The summed E-state index contributed by atoms with van der Waals surface area (Å²) in [5.41, 5.74) is 0. The Labute approximate surface area is 163 Å². The van der Waals surface area contributed by atoms with Gasteiger partial charge in [0.1, 0.15) is 0 Å². The molecule has 0 aromatic rings. The lowest BCUT2D eigenvalue weighted by atomic mass is 9.62. The molecule has 0 aliphatic heterocycles. The molecular formula is C25H46O. The molecule has 0 spiro atoms. The number of hydrogen-bond acceptors (Lipinski definition) is 1. The first-order valence-electron chi connectivity index (χ1n) is 12.4. The quantitative estimate of drug-likeness (QED) is 0.421. The Morgan fingerprint density at radius 3 is 1.92 bits per heavy atom. The van der Waals surface area contributed by atoms with Gasteiger partial charge in [-0.2, -0.15) is 0 Å². The molecule has 0 radical (unpaired) electrons. The molecule has 0 aromatic carbocycles. The highest BCUT2D eigenvalue weighted by Crippen LogP contribution is 2.48. The molecule has 4 unspecified atom stereocenters. The molecule has 1 nitrogen and oxygen atoms in total. The number of unbranched alkanes of at least 4 members (excludes halogenated alkanes) is 6. The van der Waals surface area contributed by atoms with Crippen molar-refractivity contribution in [2.24, 2.45) is 29.6 Å². The smallest absolute Gasteiger partial charge is 0.0543 e. The van der Waals surface area contributed by atoms with Gasteiger partial charge in [-0.15, -0.1) is 0 Å². The van der Waals surface area contributed by atoms with Gasteiger partial charge in [0, 0.05) is 0 Å². The number of aliphatic hydroxyl groups is 1. The molecule has 0 saturated heterocycles. The third-order valence-electron chi connectivity index (χ3n) is 8.40. The summed E-state index contributed by atoms with van der Waals surface area (Å²) in [5.74, 6) is 4.90. The van der Waals surface area contributed by atoms with Crippen LogP contribution < -0.4 is 0 Å². The van der Waals surface area contributed by atoms with Crippen LogP contribution in [-0.2, 0) is 0 Å². The van der Waals surface area contributed by atoms with Crippen molar-refractivity contribution < 1.29 is 5.11 Å². The van der Waals surface area contributed by atoms with Gasteiger partial charge in [0.05, 0.1) is 6.10 Å². The summed E-state index contributed by atoms with van der Waals surface area (Å²) in [5, 5.41) is 10.0. The van der Waals surface area contributed by atoms with Crippen molar-refractivity contribution in [1.29, 1.82) is 0 Å². The molecule has 3 fully saturated rings. The topological polar surface area (TPSA) is 20.2 Å². The van der Waals surface area contributed by atoms with Crippen molar-refractivity contribution in [3.63, 3.8) is 0 Å². The van der Waals surface area contributed by atoms with E-state index >= 15 is 0 Å². The van der Waals surface area contributed by atoms with Gasteiger partial charge in [-0.25, -0.2) is 0 Å². The highest BCUT2D eigenvalue weighted by atomic mass is 16.3. The average molecular weight is 363 g/mol. The fraction of sp³-hybridized carbons (Fsp3) is 1.00. The minimum Gasteiger partial charge on any atom is -0.393 e. The van der Waals surface area contributed by atoms with Gasteiger partial charge in [-0.05, 0) is 81.0 Å². The van der Waals surface area contributed by atoms with E-state index in [1.165, 1.54) is 103 Å². The van der Waals surface area contributed by atoms with Crippen molar-refractivity contribution >= 4 is 0 Å². The molecular weight excluding hydrogens is 316 g/mol. The van der Waals surface area contributed by atoms with Crippen LogP contribution in [0.1, 0.15) is 122 Å². The molecule has 152 valence electrons. The number of rotatable bonds is 9. The summed E-state index contributed by atoms with van der Waals surface area (Å²) in [6, 6.07) is 0. The summed E-state index contributed by atoms with van der Waals surface area (Å²) >= 11 is 0. The van der Waals surface area contributed by atoms with E-state index < -0.39 is 0 Å². The van der Waals surface area contributed by atoms with Gasteiger partial charge >= 0.3 is 0 Å². The van der Waals surface area contributed by atoms with Crippen molar-refractivity contribution in [1.82, 2.24) is 0 Å². The average Bonchev–Trinajstić information content (AvgIpc) is 2.67. The normalized spacial score (nSPS) is 38.1. The lowest BCUT2D eigenvalue weighted by Gasteiger charge is -2.44. The first kappa shape index (κ1) is 20.7. The van der Waals surface area contributed by atoms with Crippen LogP contribution in [0.25, 0.3) is 0 Å². The van der Waals surface area contributed by atoms with Gasteiger partial charge in [0.2, 0.25) is 0 Å². The Bertz CT molecular complexity index is 370. The molecule has 4 atom stereocenters. The standard InChI is InChI=1S/C25H46O/c1-2-3-4-5-6-7-8-9-20-10-12-21(13-11-20)23-15-14-22-16-17-25(26)19-24(22)18-23/h20-26H,2-19H2,1H3. The monoisotopic (exact) mass is 362 g/mol. The van der Waals surface area contributed by atoms with E-state index in [9.17, 15) is 5.11 Å². The highest BCUT2D eigenvalue weighted by molar-refractivity contribution is 4.89. The van der Waals surface area contributed by atoms with E-state index in [4.69, 9.17) is 0 Å². The van der Waals surface area contributed by atoms with Crippen LogP contribution in [0.3, 0.4) is 0 Å². The summed E-state index contributed by atoms with van der Waals surface area (Å²) in [7, 11) is 0. The Balaban J connectivity index is 1.28. The lowest BCUT2D eigenvalue weighted by molar-refractivity contribution is 0.0179. The molecule has 3 saturated carbocycles. The van der Waals surface area contributed by atoms with Crippen LogP contribution in [-0.4, -0.2) is 11.2 Å². The van der Waals surface area contributed by atoms with Gasteiger partial charge in [0.25, 0.3) is 0 Å². The van der Waals surface area contributed by atoms with Crippen LogP contribution in [0.15, 0.2) is 0 Å². The zero-order valence-electron chi connectivity index (χ0n) is 17.6. The maximum absolute atomic E-state index is 10.0. The molecule has 3 aliphatic rings. The van der Waals surface area contributed by atoms with Crippen LogP contribution in [0.5, 0.6) is 0 Å². The van der Waals surface area contributed by atoms with Crippen LogP contribution >= 0.6 is 0 Å². The maximum atomic E-state index is 10.0. The van der Waals surface area contributed by atoms with E-state index in [2.05, 4.69) is 6.92 Å². The molecule has 1 N–H and O–H groups in total. The second-order valence-electron chi connectivity index (χ2n) is 10.3. The highest BCUT2D eigenvalue weighted by Gasteiger charge is 2.38. The van der Waals surface area contributed by atoms with Crippen molar-refractivity contribution in [3.8, 4) is 0 Å². The van der Waals surface area contributed by atoms with Crippen LogP contribution in [0, 0.1) is 29.6 Å². The van der Waals surface area contributed by atoms with E-state index in [1.807, 2.05) is 0 Å². The summed E-state index contributed by atoms with van der Waals surface area (Å²) < 4.78 is 0. The van der Waals surface area contributed by atoms with Gasteiger partial charge in [-0.3, -0.25) is 0 Å². The van der Waals surface area contributed by atoms with Gasteiger partial charge in [-0.1, -0.05) is 71.1 Å². The van der Waals surface area contributed by atoms with E-state index in [-0.39, 0.29) is 6.10 Å². The van der Waals surface area contributed by atoms with Crippen LogP contribution in [0.2, 0.25) is 0 Å².